The molecule has 1 amide bonds. The first-order valence-electron chi connectivity index (χ1n) is 7.87. The minimum atomic E-state index is -0.548. The van der Waals surface area contributed by atoms with Gasteiger partial charge in [-0.05, 0) is 42.7 Å². The van der Waals surface area contributed by atoms with Crippen LogP contribution in [-0.4, -0.2) is 18.5 Å². The van der Waals surface area contributed by atoms with Gasteiger partial charge in [-0.25, -0.2) is 4.79 Å². The standard InChI is InChI=1S/C20H21NO3/c1-3-16-7-10-18(11-8-16)21-19(22)14-24-20(23)12-9-17-6-4-5-15(2)13-17/h4-13H,3,14H2,1-2H3,(H,21,22)/b12-9+. The summed E-state index contributed by atoms with van der Waals surface area (Å²) in [5.41, 5.74) is 3.90. The molecule has 2 aromatic rings. The molecule has 0 saturated heterocycles. The maximum atomic E-state index is 11.8. The third-order valence-corrected chi connectivity index (χ3v) is 3.45. The third-order valence-electron chi connectivity index (χ3n) is 3.45. The number of hydrogen-bond acceptors (Lipinski definition) is 3. The number of carbonyl (C=O) groups excluding carboxylic acids is 2. The van der Waals surface area contributed by atoms with E-state index >= 15 is 0 Å². The molecule has 0 fully saturated rings. The maximum Gasteiger partial charge on any atom is 0.331 e. The van der Waals surface area contributed by atoms with E-state index in [1.165, 1.54) is 11.6 Å². The first kappa shape index (κ1) is 17.5. The Balaban J connectivity index is 1.79. The molecule has 0 aliphatic carbocycles. The highest BCUT2D eigenvalue weighted by molar-refractivity contribution is 5.94. The number of anilines is 1. The molecule has 0 aromatic heterocycles. The van der Waals surface area contributed by atoms with E-state index in [1.54, 1.807) is 6.08 Å². The molecule has 0 saturated carbocycles. The summed E-state index contributed by atoms with van der Waals surface area (Å²) >= 11 is 0. The van der Waals surface area contributed by atoms with Crippen molar-refractivity contribution in [2.75, 3.05) is 11.9 Å². The second-order valence-corrected chi connectivity index (χ2v) is 5.45. The van der Waals surface area contributed by atoms with Crippen LogP contribution in [0.1, 0.15) is 23.6 Å². The average molecular weight is 323 g/mol. The number of aryl methyl sites for hydroxylation is 2. The summed E-state index contributed by atoms with van der Waals surface area (Å²) in [7, 11) is 0. The van der Waals surface area contributed by atoms with Gasteiger partial charge in [-0.2, -0.15) is 0 Å². The molecule has 0 radical (unpaired) electrons. The van der Waals surface area contributed by atoms with Crippen LogP contribution < -0.4 is 5.32 Å². The Hall–Kier alpha value is -2.88. The number of esters is 1. The van der Waals surface area contributed by atoms with Gasteiger partial charge in [0.05, 0.1) is 0 Å². The summed E-state index contributed by atoms with van der Waals surface area (Å²) in [6.07, 6.45) is 3.92. The molecule has 24 heavy (non-hydrogen) atoms. The van der Waals surface area contributed by atoms with Crippen molar-refractivity contribution in [2.24, 2.45) is 0 Å². The van der Waals surface area contributed by atoms with Crippen molar-refractivity contribution < 1.29 is 14.3 Å². The Bertz CT molecular complexity index is 733. The number of ether oxygens (including phenoxy) is 1. The van der Waals surface area contributed by atoms with Gasteiger partial charge in [0.15, 0.2) is 6.61 Å². The predicted octanol–water partition coefficient (Wildman–Crippen LogP) is 3.75. The zero-order chi connectivity index (χ0) is 17.4. The van der Waals surface area contributed by atoms with Crippen LogP contribution in [0.2, 0.25) is 0 Å². The monoisotopic (exact) mass is 323 g/mol. The van der Waals surface area contributed by atoms with Crippen LogP contribution in [0.5, 0.6) is 0 Å². The Kier molecular flexibility index (Phi) is 6.32. The molecule has 0 unspecified atom stereocenters. The second-order valence-electron chi connectivity index (χ2n) is 5.45. The van der Waals surface area contributed by atoms with E-state index in [0.717, 1.165) is 17.5 Å². The van der Waals surface area contributed by atoms with E-state index in [0.29, 0.717) is 5.69 Å². The number of rotatable bonds is 6. The van der Waals surface area contributed by atoms with Gasteiger partial charge in [-0.3, -0.25) is 4.79 Å². The van der Waals surface area contributed by atoms with Gasteiger partial charge in [0.2, 0.25) is 0 Å². The quantitative estimate of drug-likeness (QED) is 0.650. The van der Waals surface area contributed by atoms with E-state index in [4.69, 9.17) is 4.74 Å². The molecular formula is C20H21NO3. The van der Waals surface area contributed by atoms with Gasteiger partial charge in [-0.1, -0.05) is 48.9 Å². The lowest BCUT2D eigenvalue weighted by Crippen LogP contribution is -2.20. The van der Waals surface area contributed by atoms with Gasteiger partial charge in [0, 0.05) is 11.8 Å². The van der Waals surface area contributed by atoms with Crippen LogP contribution in [0.4, 0.5) is 5.69 Å². The SMILES string of the molecule is CCc1ccc(NC(=O)COC(=O)/C=C/c2cccc(C)c2)cc1. The number of hydrogen-bond donors (Lipinski definition) is 1. The highest BCUT2D eigenvalue weighted by Crippen LogP contribution is 2.10. The van der Waals surface area contributed by atoms with Gasteiger partial charge < -0.3 is 10.1 Å². The summed E-state index contributed by atoms with van der Waals surface area (Å²) < 4.78 is 4.94. The fraction of sp³-hybridized carbons (Fsp3) is 0.200. The molecule has 0 bridgehead atoms. The van der Waals surface area contributed by atoms with Crippen molar-refractivity contribution >= 4 is 23.6 Å². The van der Waals surface area contributed by atoms with E-state index in [-0.39, 0.29) is 12.5 Å². The molecule has 2 aromatic carbocycles. The van der Waals surface area contributed by atoms with Gasteiger partial charge in [0.25, 0.3) is 5.91 Å². The molecule has 0 atom stereocenters. The van der Waals surface area contributed by atoms with Gasteiger partial charge >= 0.3 is 5.97 Å². The fourth-order valence-electron chi connectivity index (χ4n) is 2.14. The Morgan fingerprint density at radius 3 is 2.54 bits per heavy atom. The van der Waals surface area contributed by atoms with E-state index in [9.17, 15) is 9.59 Å². The number of amides is 1. The topological polar surface area (TPSA) is 55.4 Å². The normalized spacial score (nSPS) is 10.6. The summed E-state index contributed by atoms with van der Waals surface area (Å²) in [6.45, 7) is 3.73. The van der Waals surface area contributed by atoms with E-state index < -0.39 is 5.97 Å². The van der Waals surface area contributed by atoms with Crippen molar-refractivity contribution in [1.82, 2.24) is 0 Å². The van der Waals surface area contributed by atoms with Crippen LogP contribution in [-0.2, 0) is 20.7 Å². The molecule has 4 nitrogen and oxygen atoms in total. The first-order chi connectivity index (χ1) is 11.6. The zero-order valence-electron chi connectivity index (χ0n) is 13.9. The molecular weight excluding hydrogens is 302 g/mol. The predicted molar refractivity (Wildman–Crippen MR) is 95.6 cm³/mol. The van der Waals surface area contributed by atoms with Crippen molar-refractivity contribution in [1.29, 1.82) is 0 Å². The molecule has 0 spiro atoms. The molecule has 0 aliphatic rings. The summed E-state index contributed by atoms with van der Waals surface area (Å²) in [4.78, 5) is 23.4. The second kappa shape index (κ2) is 8.67. The smallest absolute Gasteiger partial charge is 0.331 e. The van der Waals surface area contributed by atoms with Crippen molar-refractivity contribution in [3.8, 4) is 0 Å². The lowest BCUT2D eigenvalue weighted by Gasteiger charge is -2.06. The third kappa shape index (κ3) is 5.72. The molecule has 124 valence electrons. The Morgan fingerprint density at radius 1 is 1.12 bits per heavy atom. The Labute approximate surface area is 142 Å². The number of carbonyl (C=O) groups is 2. The average Bonchev–Trinajstić information content (AvgIpc) is 2.59. The fourth-order valence-corrected chi connectivity index (χ4v) is 2.14. The van der Waals surface area contributed by atoms with Crippen LogP contribution in [0.15, 0.2) is 54.6 Å². The lowest BCUT2D eigenvalue weighted by atomic mass is 10.1. The first-order valence-corrected chi connectivity index (χ1v) is 7.87. The molecule has 4 heteroatoms. The van der Waals surface area contributed by atoms with E-state index in [2.05, 4.69) is 12.2 Å². The van der Waals surface area contributed by atoms with Crippen molar-refractivity contribution in [2.45, 2.75) is 20.3 Å². The molecule has 0 heterocycles. The van der Waals surface area contributed by atoms with E-state index in [1.807, 2.05) is 55.5 Å². The van der Waals surface area contributed by atoms with Gasteiger partial charge in [-0.15, -0.1) is 0 Å². The number of nitrogens with one attached hydrogen (secondary N) is 1. The van der Waals surface area contributed by atoms with Crippen LogP contribution in [0, 0.1) is 6.92 Å². The summed E-state index contributed by atoms with van der Waals surface area (Å²) in [6, 6.07) is 15.3. The highest BCUT2D eigenvalue weighted by Gasteiger charge is 2.05. The largest absolute Gasteiger partial charge is 0.452 e. The van der Waals surface area contributed by atoms with Crippen LogP contribution >= 0.6 is 0 Å². The van der Waals surface area contributed by atoms with Crippen molar-refractivity contribution in [3.63, 3.8) is 0 Å². The lowest BCUT2D eigenvalue weighted by molar-refractivity contribution is -0.142. The minimum Gasteiger partial charge on any atom is -0.452 e. The highest BCUT2D eigenvalue weighted by atomic mass is 16.5. The molecule has 0 aliphatic heterocycles. The van der Waals surface area contributed by atoms with Crippen LogP contribution in [0.25, 0.3) is 6.08 Å². The van der Waals surface area contributed by atoms with Gasteiger partial charge in [0.1, 0.15) is 0 Å². The minimum absolute atomic E-state index is 0.313. The Morgan fingerprint density at radius 2 is 1.88 bits per heavy atom. The maximum absolute atomic E-state index is 11.8. The summed E-state index contributed by atoms with van der Waals surface area (Å²) in [5.74, 6) is -0.912. The summed E-state index contributed by atoms with van der Waals surface area (Å²) in [5, 5.41) is 2.69. The molecule has 2 rings (SSSR count). The number of benzene rings is 2. The molecule has 1 N–H and O–H groups in total. The zero-order valence-corrected chi connectivity index (χ0v) is 13.9. The van der Waals surface area contributed by atoms with Crippen molar-refractivity contribution in [3.05, 3.63) is 71.3 Å². The van der Waals surface area contributed by atoms with Crippen LogP contribution in [0.3, 0.4) is 0 Å².